The topological polar surface area (TPSA) is 34.0 Å². The summed E-state index contributed by atoms with van der Waals surface area (Å²) in [5.74, 6) is 0.707. The van der Waals surface area contributed by atoms with Gasteiger partial charge in [-0.25, -0.2) is 9.97 Å². The summed E-state index contributed by atoms with van der Waals surface area (Å²) in [6.07, 6.45) is 0.839. The molecule has 0 fully saturated rings. The van der Waals surface area contributed by atoms with Crippen molar-refractivity contribution in [2.24, 2.45) is 0 Å². The normalized spacial score (nSPS) is 13.7. The maximum Gasteiger partial charge on any atom is 0.160 e. The number of hydrogen-bond donors (Lipinski definition) is 0. The number of aromatic nitrogens is 3. The van der Waals surface area contributed by atoms with Crippen LogP contribution < -0.4 is 4.90 Å². The number of rotatable bonds is 4. The van der Waals surface area contributed by atoms with Crippen molar-refractivity contribution in [3.8, 4) is 39.6 Å². The first kappa shape index (κ1) is 32.9. The molecule has 274 valence electrons. The molecule has 4 nitrogen and oxygen atoms in total. The monoisotopic (exact) mass is 742 g/mol. The van der Waals surface area contributed by atoms with Crippen molar-refractivity contribution in [1.82, 2.24) is 14.5 Å². The third-order valence-corrected chi connectivity index (χ3v) is 12.5. The Kier molecular flexibility index (Phi) is 7.00. The summed E-state index contributed by atoms with van der Waals surface area (Å²) in [6.45, 7) is 4.80. The first-order chi connectivity index (χ1) is 28.5. The minimum absolute atomic E-state index is 0.197. The largest absolute Gasteiger partial charge is 0.309 e. The van der Waals surface area contributed by atoms with E-state index in [2.05, 4.69) is 193 Å². The van der Waals surface area contributed by atoms with Gasteiger partial charge in [0.2, 0.25) is 0 Å². The molecule has 10 aromatic rings. The predicted octanol–water partition coefficient (Wildman–Crippen LogP) is 13.7. The Morgan fingerprint density at radius 2 is 1.12 bits per heavy atom. The second-order valence-corrected chi connectivity index (χ2v) is 16.2. The van der Waals surface area contributed by atoms with Crippen LogP contribution in [0.25, 0.3) is 72.2 Å². The van der Waals surface area contributed by atoms with E-state index >= 15 is 0 Å². The van der Waals surface area contributed by atoms with E-state index in [0.29, 0.717) is 5.82 Å². The van der Waals surface area contributed by atoms with Crippen molar-refractivity contribution in [3.63, 3.8) is 0 Å². The van der Waals surface area contributed by atoms with Crippen LogP contribution in [0.4, 0.5) is 17.1 Å². The molecule has 0 aliphatic carbocycles. The van der Waals surface area contributed by atoms with Crippen LogP contribution in [-0.4, -0.2) is 14.5 Å². The van der Waals surface area contributed by atoms with Gasteiger partial charge >= 0.3 is 0 Å². The molecule has 0 bridgehead atoms. The number of benzene rings is 8. The Labute approximate surface area is 337 Å². The minimum atomic E-state index is -0.197. The molecule has 4 heterocycles. The van der Waals surface area contributed by atoms with Gasteiger partial charge in [-0.3, -0.25) is 0 Å². The molecule has 0 N–H and O–H groups in total. The molecule has 2 aliphatic rings. The van der Waals surface area contributed by atoms with E-state index in [1.807, 2.05) is 12.1 Å². The maximum atomic E-state index is 5.13. The molecule has 58 heavy (non-hydrogen) atoms. The number of nitrogens with zero attached hydrogens (tertiary/aromatic N) is 4. The van der Waals surface area contributed by atoms with E-state index < -0.39 is 0 Å². The second kappa shape index (κ2) is 12.3. The zero-order valence-electron chi connectivity index (χ0n) is 32.3. The third kappa shape index (κ3) is 4.81. The highest BCUT2D eigenvalue weighted by molar-refractivity contribution is 6.14. The molecule has 2 aromatic heterocycles. The van der Waals surface area contributed by atoms with Crippen LogP contribution in [0.2, 0.25) is 0 Å². The van der Waals surface area contributed by atoms with Crippen LogP contribution in [0.1, 0.15) is 36.1 Å². The van der Waals surface area contributed by atoms with Gasteiger partial charge in [0.1, 0.15) is 0 Å². The molecule has 2 aliphatic heterocycles. The highest BCUT2D eigenvalue weighted by Gasteiger charge is 2.42. The molecule has 12 rings (SSSR count). The summed E-state index contributed by atoms with van der Waals surface area (Å²) in [7, 11) is 0. The van der Waals surface area contributed by atoms with Crippen LogP contribution in [0.3, 0.4) is 0 Å². The summed E-state index contributed by atoms with van der Waals surface area (Å²) in [4.78, 5) is 12.8. The van der Waals surface area contributed by atoms with Crippen molar-refractivity contribution in [2.45, 2.75) is 25.7 Å². The average molecular weight is 743 g/mol. The molecule has 0 saturated heterocycles. The Hall–Kier alpha value is -7.30. The summed E-state index contributed by atoms with van der Waals surface area (Å²) < 4.78 is 2.50. The van der Waals surface area contributed by atoms with Crippen molar-refractivity contribution in [1.29, 1.82) is 0 Å². The summed E-state index contributed by atoms with van der Waals surface area (Å²) >= 11 is 0. The second-order valence-electron chi connectivity index (χ2n) is 16.2. The van der Waals surface area contributed by atoms with E-state index in [1.165, 1.54) is 71.9 Å². The van der Waals surface area contributed by atoms with E-state index in [0.717, 1.165) is 40.2 Å². The van der Waals surface area contributed by atoms with Gasteiger partial charge in [-0.2, -0.15) is 0 Å². The van der Waals surface area contributed by atoms with Gasteiger partial charge in [0, 0.05) is 50.5 Å². The van der Waals surface area contributed by atoms with Crippen molar-refractivity contribution >= 4 is 49.6 Å². The van der Waals surface area contributed by atoms with E-state index in [9.17, 15) is 0 Å². The number of fused-ring (bicyclic) bond motifs is 9. The van der Waals surface area contributed by atoms with Gasteiger partial charge in [0.15, 0.2) is 5.82 Å². The minimum Gasteiger partial charge on any atom is -0.309 e. The fraction of sp³-hybridized carbons (Fsp3) is 0.0741. The zero-order chi connectivity index (χ0) is 38.5. The fourth-order valence-corrected chi connectivity index (χ4v) is 9.74. The SMILES string of the molecule is CC1(C)c2ccccc2N2c3cc4ccccc4cc3Cc3c2c1cc1c2ccccc2n(-c2ccc(-c4nc(-c5ccccc5)cc(-c5ccccc5)n4)cc2)c31. The smallest absolute Gasteiger partial charge is 0.160 e. The molecule has 0 spiro atoms. The summed E-state index contributed by atoms with van der Waals surface area (Å²) in [5.41, 5.74) is 17.6. The first-order valence-electron chi connectivity index (χ1n) is 20.1. The molecule has 8 aromatic carbocycles. The Balaban J connectivity index is 1.09. The molecule has 0 amide bonds. The van der Waals surface area contributed by atoms with Crippen LogP contribution in [0.5, 0.6) is 0 Å². The van der Waals surface area contributed by atoms with Gasteiger partial charge in [-0.15, -0.1) is 0 Å². The quantitative estimate of drug-likeness (QED) is 0.180. The van der Waals surface area contributed by atoms with Crippen LogP contribution in [0, 0.1) is 0 Å². The Bertz CT molecular complexity index is 3210. The first-order valence-corrected chi connectivity index (χ1v) is 20.1. The highest BCUT2D eigenvalue weighted by Crippen LogP contribution is 2.58. The molecule has 0 unspecified atom stereocenters. The molecule has 4 heteroatoms. The summed E-state index contributed by atoms with van der Waals surface area (Å²) in [5, 5.41) is 5.08. The van der Waals surface area contributed by atoms with E-state index in [-0.39, 0.29) is 5.41 Å². The molecule has 0 saturated carbocycles. The standard InChI is InChI=1S/C54H38N4/c1-54(2)44-22-12-14-24-49(44)58-50-31-38-20-10-9-19-37(38)29-39(50)30-43-51-42(32-45(54)52(43)58)41-21-11-13-23-48(41)57(51)40-27-25-36(26-28-40)53-55-46(34-15-5-3-6-16-34)33-47(56-53)35-17-7-4-8-18-35/h3-29,31-33H,30H2,1-2H3. The summed E-state index contributed by atoms with van der Waals surface area (Å²) in [6, 6.07) is 65.7. The molecule has 0 radical (unpaired) electrons. The van der Waals surface area contributed by atoms with Gasteiger partial charge < -0.3 is 9.47 Å². The van der Waals surface area contributed by atoms with Crippen molar-refractivity contribution < 1.29 is 0 Å². The van der Waals surface area contributed by atoms with Crippen LogP contribution in [0.15, 0.2) is 182 Å². The van der Waals surface area contributed by atoms with Gasteiger partial charge in [0.05, 0.1) is 39.5 Å². The fourth-order valence-electron chi connectivity index (χ4n) is 9.74. The van der Waals surface area contributed by atoms with E-state index in [1.54, 1.807) is 0 Å². The highest BCUT2D eigenvalue weighted by atomic mass is 15.2. The average Bonchev–Trinajstić information content (AvgIpc) is 3.62. The van der Waals surface area contributed by atoms with Gasteiger partial charge in [0.25, 0.3) is 0 Å². The predicted molar refractivity (Wildman–Crippen MR) is 240 cm³/mol. The Morgan fingerprint density at radius 3 is 1.84 bits per heavy atom. The lowest BCUT2D eigenvalue weighted by molar-refractivity contribution is 0.630. The van der Waals surface area contributed by atoms with E-state index in [4.69, 9.17) is 9.97 Å². The Morgan fingerprint density at radius 1 is 0.500 bits per heavy atom. The lowest BCUT2D eigenvalue weighted by atomic mass is 9.71. The van der Waals surface area contributed by atoms with Crippen molar-refractivity contribution in [2.75, 3.05) is 4.90 Å². The van der Waals surface area contributed by atoms with Crippen LogP contribution >= 0.6 is 0 Å². The lowest BCUT2D eigenvalue weighted by Gasteiger charge is -2.46. The number of anilines is 3. The third-order valence-electron chi connectivity index (χ3n) is 12.5. The molecular weight excluding hydrogens is 705 g/mol. The number of hydrogen-bond acceptors (Lipinski definition) is 3. The van der Waals surface area contributed by atoms with Gasteiger partial charge in [-0.1, -0.05) is 135 Å². The molecule has 0 atom stereocenters. The maximum absolute atomic E-state index is 5.13. The zero-order valence-corrected chi connectivity index (χ0v) is 32.3. The lowest BCUT2D eigenvalue weighted by Crippen LogP contribution is -2.33. The molecular formula is C54H38N4. The van der Waals surface area contributed by atoms with Crippen molar-refractivity contribution in [3.05, 3.63) is 204 Å². The number of para-hydroxylation sites is 2. The van der Waals surface area contributed by atoms with Crippen LogP contribution in [-0.2, 0) is 11.8 Å². The van der Waals surface area contributed by atoms with Gasteiger partial charge in [-0.05, 0) is 88.1 Å².